The van der Waals surface area contributed by atoms with Crippen molar-refractivity contribution in [3.8, 4) is 5.69 Å². The Balaban J connectivity index is 1.82. The highest BCUT2D eigenvalue weighted by Crippen LogP contribution is 2.16. The number of imidazole rings is 2. The first kappa shape index (κ1) is 15.9. The highest BCUT2D eigenvalue weighted by Gasteiger charge is 2.20. The van der Waals surface area contributed by atoms with Crippen molar-refractivity contribution in [2.45, 2.75) is 13.1 Å². The number of rotatable bonds is 5. The molecule has 0 aliphatic carbocycles. The van der Waals surface area contributed by atoms with Crippen molar-refractivity contribution in [1.29, 1.82) is 0 Å². The zero-order valence-corrected chi connectivity index (χ0v) is 12.9. The van der Waals surface area contributed by atoms with Gasteiger partial charge in [-0.2, -0.15) is 8.78 Å². The van der Waals surface area contributed by atoms with E-state index in [-0.39, 0.29) is 18.3 Å². The summed E-state index contributed by atoms with van der Waals surface area (Å²) in [4.78, 5) is 21.9. The van der Waals surface area contributed by atoms with E-state index in [9.17, 15) is 13.6 Å². The van der Waals surface area contributed by atoms with Crippen molar-refractivity contribution in [3.63, 3.8) is 0 Å². The Bertz CT molecular complexity index is 828. The normalized spacial score (nSPS) is 11.0. The molecule has 0 saturated carbocycles. The molecule has 124 valence electrons. The fourth-order valence-corrected chi connectivity index (χ4v) is 2.37. The van der Waals surface area contributed by atoms with E-state index in [2.05, 4.69) is 9.97 Å². The summed E-state index contributed by atoms with van der Waals surface area (Å²) in [6.45, 7) is -2.73. The van der Waals surface area contributed by atoms with Gasteiger partial charge in [-0.25, -0.2) is 9.97 Å². The number of hydrogen-bond donors (Lipinski definition) is 0. The zero-order chi connectivity index (χ0) is 17.1. The van der Waals surface area contributed by atoms with Gasteiger partial charge in [-0.3, -0.25) is 13.9 Å². The van der Waals surface area contributed by atoms with Crippen molar-refractivity contribution in [1.82, 2.24) is 24.0 Å². The molecule has 2 heterocycles. The minimum Gasteiger partial charge on any atom is -0.333 e. The molecule has 0 fully saturated rings. The maximum absolute atomic E-state index is 12.9. The quantitative estimate of drug-likeness (QED) is 0.722. The first-order valence-electron chi connectivity index (χ1n) is 7.21. The van der Waals surface area contributed by atoms with E-state index in [1.807, 2.05) is 30.3 Å². The molecular formula is C16H15F2N5O. The third kappa shape index (κ3) is 3.03. The van der Waals surface area contributed by atoms with Gasteiger partial charge in [0.2, 0.25) is 0 Å². The second-order valence-electron chi connectivity index (χ2n) is 5.17. The van der Waals surface area contributed by atoms with E-state index in [0.29, 0.717) is 5.69 Å². The molecule has 3 aromatic rings. The molecule has 0 aliphatic rings. The van der Waals surface area contributed by atoms with Gasteiger partial charge in [0.15, 0.2) is 0 Å². The van der Waals surface area contributed by atoms with Crippen LogP contribution >= 0.6 is 0 Å². The van der Waals surface area contributed by atoms with Gasteiger partial charge < -0.3 is 4.90 Å². The fourth-order valence-electron chi connectivity index (χ4n) is 2.37. The maximum Gasteiger partial charge on any atom is 0.319 e. The lowest BCUT2D eigenvalue weighted by atomic mass is 10.3. The van der Waals surface area contributed by atoms with Gasteiger partial charge >= 0.3 is 6.55 Å². The van der Waals surface area contributed by atoms with Crippen LogP contribution in [0.25, 0.3) is 5.69 Å². The van der Waals surface area contributed by atoms with E-state index < -0.39 is 6.55 Å². The summed E-state index contributed by atoms with van der Waals surface area (Å²) < 4.78 is 28.1. The predicted molar refractivity (Wildman–Crippen MR) is 82.8 cm³/mol. The summed E-state index contributed by atoms with van der Waals surface area (Å²) in [6, 6.07) is 9.28. The van der Waals surface area contributed by atoms with E-state index >= 15 is 0 Å². The Hall–Kier alpha value is -3.03. The van der Waals surface area contributed by atoms with Crippen LogP contribution in [0.4, 0.5) is 8.78 Å². The number of para-hydroxylation sites is 1. The molecule has 0 aliphatic heterocycles. The molecule has 24 heavy (non-hydrogen) atoms. The van der Waals surface area contributed by atoms with Crippen molar-refractivity contribution in [2.24, 2.45) is 0 Å². The molecule has 0 unspecified atom stereocenters. The molecule has 0 atom stereocenters. The highest BCUT2D eigenvalue weighted by molar-refractivity contribution is 5.92. The van der Waals surface area contributed by atoms with Gasteiger partial charge in [0.25, 0.3) is 5.91 Å². The van der Waals surface area contributed by atoms with Crippen LogP contribution in [0.15, 0.2) is 55.2 Å². The summed E-state index contributed by atoms with van der Waals surface area (Å²) in [6.07, 6.45) is 5.46. The number of amides is 1. The summed E-state index contributed by atoms with van der Waals surface area (Å²) in [5.74, 6) is -0.216. The van der Waals surface area contributed by atoms with Gasteiger partial charge in [-0.1, -0.05) is 18.2 Å². The third-order valence-electron chi connectivity index (χ3n) is 3.58. The van der Waals surface area contributed by atoms with Gasteiger partial charge in [-0.15, -0.1) is 0 Å². The summed E-state index contributed by atoms with van der Waals surface area (Å²) in [5.41, 5.74) is 1.14. The molecule has 0 saturated heterocycles. The van der Waals surface area contributed by atoms with Crippen LogP contribution in [0.3, 0.4) is 0 Å². The van der Waals surface area contributed by atoms with Crippen LogP contribution in [-0.2, 0) is 6.54 Å². The number of carbonyl (C=O) groups excluding carboxylic acids is 1. The lowest BCUT2D eigenvalue weighted by Gasteiger charge is -2.18. The molecule has 2 aromatic heterocycles. The molecule has 0 radical (unpaired) electrons. The summed E-state index contributed by atoms with van der Waals surface area (Å²) in [7, 11) is 1.54. The molecule has 1 amide bonds. The Labute approximate surface area is 137 Å². The molecular weight excluding hydrogens is 316 g/mol. The minimum absolute atomic E-state index is 0.0316. The lowest BCUT2D eigenvalue weighted by Crippen LogP contribution is -2.29. The summed E-state index contributed by atoms with van der Waals surface area (Å²) >= 11 is 0. The standard InChI is InChI=1S/C16H15F2N5O/c1-21(10-14-20-7-8-22(14)16(17)18)15(24)13-9-19-11-23(13)12-5-3-2-4-6-12/h2-9,11,16H,10H2,1H3. The summed E-state index contributed by atoms with van der Waals surface area (Å²) in [5, 5.41) is 0. The second kappa shape index (κ2) is 6.61. The fraction of sp³-hybridized carbons (Fsp3) is 0.188. The smallest absolute Gasteiger partial charge is 0.319 e. The first-order chi connectivity index (χ1) is 11.6. The number of benzene rings is 1. The van der Waals surface area contributed by atoms with Gasteiger partial charge in [-0.05, 0) is 12.1 Å². The average Bonchev–Trinajstić information content (AvgIpc) is 3.24. The molecule has 0 bridgehead atoms. The van der Waals surface area contributed by atoms with Gasteiger partial charge in [0.05, 0.1) is 19.1 Å². The van der Waals surface area contributed by atoms with Crippen LogP contribution < -0.4 is 0 Å². The monoisotopic (exact) mass is 331 g/mol. The Morgan fingerprint density at radius 1 is 1.29 bits per heavy atom. The molecule has 3 rings (SSSR count). The number of alkyl halides is 2. The van der Waals surface area contributed by atoms with Crippen molar-refractivity contribution < 1.29 is 13.6 Å². The van der Waals surface area contributed by atoms with E-state index in [0.717, 1.165) is 10.3 Å². The first-order valence-corrected chi connectivity index (χ1v) is 7.21. The van der Waals surface area contributed by atoms with Crippen LogP contribution in [0.5, 0.6) is 0 Å². The molecule has 6 nitrogen and oxygen atoms in total. The highest BCUT2D eigenvalue weighted by atomic mass is 19.3. The maximum atomic E-state index is 12.9. The van der Waals surface area contributed by atoms with E-state index in [1.54, 1.807) is 4.57 Å². The lowest BCUT2D eigenvalue weighted by molar-refractivity contribution is 0.0610. The van der Waals surface area contributed by atoms with Gasteiger partial charge in [0, 0.05) is 25.1 Å². The number of halogens is 2. The van der Waals surface area contributed by atoms with Crippen molar-refractivity contribution in [2.75, 3.05) is 7.05 Å². The number of nitrogens with zero attached hydrogens (tertiary/aromatic N) is 5. The molecule has 0 spiro atoms. The molecule has 0 N–H and O–H groups in total. The second-order valence-corrected chi connectivity index (χ2v) is 5.17. The van der Waals surface area contributed by atoms with Crippen molar-refractivity contribution in [3.05, 3.63) is 66.8 Å². The predicted octanol–water partition coefficient (Wildman–Crippen LogP) is 2.74. The Morgan fingerprint density at radius 2 is 2.04 bits per heavy atom. The number of hydrogen-bond acceptors (Lipinski definition) is 3. The number of aromatic nitrogens is 4. The molecule has 1 aromatic carbocycles. The number of carbonyl (C=O) groups is 1. The third-order valence-corrected chi connectivity index (χ3v) is 3.58. The zero-order valence-electron chi connectivity index (χ0n) is 12.9. The average molecular weight is 331 g/mol. The topological polar surface area (TPSA) is 56.0 Å². The van der Waals surface area contributed by atoms with Crippen LogP contribution in [0.1, 0.15) is 22.9 Å². The Morgan fingerprint density at radius 3 is 2.75 bits per heavy atom. The van der Waals surface area contributed by atoms with Crippen LogP contribution in [0, 0.1) is 0 Å². The van der Waals surface area contributed by atoms with Crippen molar-refractivity contribution >= 4 is 5.91 Å². The van der Waals surface area contributed by atoms with Gasteiger partial charge in [0.1, 0.15) is 11.5 Å². The Kier molecular flexibility index (Phi) is 4.37. The van der Waals surface area contributed by atoms with E-state index in [1.165, 1.54) is 36.9 Å². The molecule has 8 heteroatoms. The van der Waals surface area contributed by atoms with Crippen LogP contribution in [0.2, 0.25) is 0 Å². The van der Waals surface area contributed by atoms with E-state index in [4.69, 9.17) is 0 Å². The largest absolute Gasteiger partial charge is 0.333 e. The van der Waals surface area contributed by atoms with Crippen LogP contribution in [-0.4, -0.2) is 37.0 Å². The SMILES string of the molecule is CN(Cc1nccn1C(F)F)C(=O)c1cncn1-c1ccccc1. The minimum atomic E-state index is -2.69.